The van der Waals surface area contributed by atoms with Crippen molar-refractivity contribution in [1.29, 1.82) is 0 Å². The van der Waals surface area contributed by atoms with Crippen LogP contribution in [0.3, 0.4) is 0 Å². The van der Waals surface area contributed by atoms with Crippen LogP contribution >= 0.6 is 11.6 Å². The number of anilines is 1. The number of ether oxygens (including phenoxy) is 1. The van der Waals surface area contributed by atoms with E-state index in [1.807, 2.05) is 6.92 Å². The van der Waals surface area contributed by atoms with Crippen LogP contribution in [-0.4, -0.2) is 52.4 Å². The Hall–Kier alpha value is -2.90. The summed E-state index contributed by atoms with van der Waals surface area (Å²) in [5, 5.41) is 3.44. The molecule has 0 radical (unpaired) electrons. The van der Waals surface area contributed by atoms with E-state index < -0.39 is 0 Å². The lowest BCUT2D eigenvalue weighted by atomic mass is 10.2. The normalized spacial score (nSPS) is 11.1. The van der Waals surface area contributed by atoms with Gasteiger partial charge < -0.3 is 15.0 Å². The highest BCUT2D eigenvalue weighted by molar-refractivity contribution is 6.30. The summed E-state index contributed by atoms with van der Waals surface area (Å²) in [7, 11) is 0. The van der Waals surface area contributed by atoms with Gasteiger partial charge in [-0.1, -0.05) is 32.4 Å². The van der Waals surface area contributed by atoms with Gasteiger partial charge in [-0.25, -0.2) is 9.78 Å². The molecular formula is C23H27ClN4O3. The van der Waals surface area contributed by atoms with Crippen LogP contribution in [0.25, 0.3) is 5.65 Å². The van der Waals surface area contributed by atoms with Gasteiger partial charge in [0.15, 0.2) is 0 Å². The summed E-state index contributed by atoms with van der Waals surface area (Å²) in [5.41, 5.74) is 2.80. The van der Waals surface area contributed by atoms with Crippen molar-refractivity contribution in [2.75, 3.05) is 31.6 Å². The number of rotatable bonds is 9. The van der Waals surface area contributed by atoms with Gasteiger partial charge in [-0.2, -0.15) is 0 Å². The van der Waals surface area contributed by atoms with Crippen molar-refractivity contribution in [3.63, 3.8) is 0 Å². The fourth-order valence-corrected chi connectivity index (χ4v) is 3.48. The van der Waals surface area contributed by atoms with Crippen LogP contribution in [0.4, 0.5) is 5.69 Å². The average Bonchev–Trinajstić information content (AvgIpc) is 3.14. The summed E-state index contributed by atoms with van der Waals surface area (Å²) in [5.74, 6) is -0.654. The zero-order valence-electron chi connectivity index (χ0n) is 18.0. The number of esters is 1. The fraction of sp³-hybridized carbons (Fsp3) is 0.348. The van der Waals surface area contributed by atoms with E-state index >= 15 is 0 Å². The molecule has 2 heterocycles. The number of nitrogens with one attached hydrogen (secondary N) is 1. The molecule has 8 heteroatoms. The quantitative estimate of drug-likeness (QED) is 0.500. The number of pyridine rings is 1. The third-order valence-electron chi connectivity index (χ3n) is 5.12. The number of aromatic nitrogens is 2. The van der Waals surface area contributed by atoms with Crippen LogP contribution in [0.1, 0.15) is 47.3 Å². The third kappa shape index (κ3) is 5.42. The van der Waals surface area contributed by atoms with Gasteiger partial charge in [-0.3, -0.25) is 9.20 Å². The van der Waals surface area contributed by atoms with Crippen molar-refractivity contribution in [2.45, 2.75) is 27.2 Å². The van der Waals surface area contributed by atoms with Crippen molar-refractivity contribution < 1.29 is 14.3 Å². The van der Waals surface area contributed by atoms with E-state index in [1.54, 1.807) is 47.0 Å². The number of hydrogen-bond donors (Lipinski definition) is 1. The van der Waals surface area contributed by atoms with Crippen molar-refractivity contribution in [2.24, 2.45) is 0 Å². The summed E-state index contributed by atoms with van der Waals surface area (Å²) in [6.07, 6.45) is 2.34. The number of benzene rings is 1. The molecule has 0 spiro atoms. The van der Waals surface area contributed by atoms with Crippen LogP contribution < -0.4 is 5.32 Å². The zero-order valence-corrected chi connectivity index (χ0v) is 18.8. The van der Waals surface area contributed by atoms with Gasteiger partial charge in [0.1, 0.15) is 17.9 Å². The first-order valence-corrected chi connectivity index (χ1v) is 10.8. The summed E-state index contributed by atoms with van der Waals surface area (Å²) < 4.78 is 7.06. The number of carbonyl (C=O) groups excluding carboxylic acids is 2. The molecule has 0 fully saturated rings. The smallest absolute Gasteiger partial charge is 0.338 e. The van der Waals surface area contributed by atoms with Crippen molar-refractivity contribution >= 4 is 34.8 Å². The molecule has 1 amide bonds. The highest BCUT2D eigenvalue weighted by Gasteiger charge is 2.19. The van der Waals surface area contributed by atoms with Gasteiger partial charge in [-0.05, 0) is 49.8 Å². The lowest BCUT2D eigenvalue weighted by Gasteiger charge is -2.17. The Morgan fingerprint density at radius 2 is 1.84 bits per heavy atom. The number of amides is 1. The maximum absolute atomic E-state index is 12.9. The minimum atomic E-state index is -0.378. The maximum atomic E-state index is 12.9. The largest absolute Gasteiger partial charge is 0.461 e. The monoisotopic (exact) mass is 442 g/mol. The predicted molar refractivity (Wildman–Crippen MR) is 122 cm³/mol. The van der Waals surface area contributed by atoms with Crippen LogP contribution in [0.15, 0.2) is 42.6 Å². The first-order valence-electron chi connectivity index (χ1n) is 10.4. The summed E-state index contributed by atoms with van der Waals surface area (Å²) in [4.78, 5) is 31.8. The lowest BCUT2D eigenvalue weighted by Crippen LogP contribution is -2.27. The van der Waals surface area contributed by atoms with Crippen molar-refractivity contribution in [1.82, 2.24) is 14.3 Å². The van der Waals surface area contributed by atoms with E-state index in [0.717, 1.165) is 13.1 Å². The van der Waals surface area contributed by atoms with E-state index in [1.165, 1.54) is 0 Å². The number of halogens is 1. The predicted octanol–water partition coefficient (Wildman–Crippen LogP) is 4.30. The standard InChI is InChI=1S/C23H27ClN4O3/c1-4-19-21(28-12-11-17(24)15-20(28)26-19)22(29)25-18-9-7-16(8-10-18)23(30)31-14-13-27(5-2)6-3/h7-12,15H,4-6,13-14H2,1-3H3,(H,25,29). The number of nitrogens with zero attached hydrogens (tertiary/aromatic N) is 3. The molecule has 1 aromatic carbocycles. The van der Waals surface area contributed by atoms with E-state index in [4.69, 9.17) is 16.3 Å². The Labute approximate surface area is 187 Å². The van der Waals surface area contributed by atoms with E-state index in [2.05, 4.69) is 29.0 Å². The van der Waals surface area contributed by atoms with Gasteiger partial charge in [-0.15, -0.1) is 0 Å². The zero-order chi connectivity index (χ0) is 22.4. The van der Waals surface area contributed by atoms with E-state index in [9.17, 15) is 9.59 Å². The van der Waals surface area contributed by atoms with Crippen LogP contribution in [0.5, 0.6) is 0 Å². The average molecular weight is 443 g/mol. The molecule has 0 bridgehead atoms. The molecule has 0 saturated carbocycles. The number of aryl methyl sites for hydroxylation is 1. The van der Waals surface area contributed by atoms with Crippen LogP contribution in [0, 0.1) is 0 Å². The second kappa shape index (κ2) is 10.4. The van der Waals surface area contributed by atoms with Crippen molar-refractivity contribution in [3.8, 4) is 0 Å². The Morgan fingerprint density at radius 3 is 2.48 bits per heavy atom. The van der Waals surface area contributed by atoms with E-state index in [-0.39, 0.29) is 11.9 Å². The molecule has 1 N–H and O–H groups in total. The summed E-state index contributed by atoms with van der Waals surface area (Å²) >= 11 is 6.04. The number of imidazole rings is 1. The lowest BCUT2D eigenvalue weighted by molar-refractivity contribution is 0.0466. The van der Waals surface area contributed by atoms with Gasteiger partial charge >= 0.3 is 5.97 Å². The minimum Gasteiger partial charge on any atom is -0.461 e. The Balaban J connectivity index is 1.67. The molecule has 0 aliphatic rings. The molecule has 0 aliphatic heterocycles. The van der Waals surface area contributed by atoms with Gasteiger partial charge in [0, 0.05) is 29.5 Å². The number of likely N-dealkylation sites (N-methyl/N-ethyl adjacent to an activating group) is 1. The van der Waals surface area contributed by atoms with Gasteiger partial charge in [0.05, 0.1) is 11.3 Å². The molecule has 3 aromatic rings. The molecule has 7 nitrogen and oxygen atoms in total. The maximum Gasteiger partial charge on any atom is 0.338 e. The molecule has 31 heavy (non-hydrogen) atoms. The van der Waals surface area contributed by atoms with Crippen LogP contribution in [0.2, 0.25) is 5.02 Å². The molecule has 164 valence electrons. The first-order chi connectivity index (χ1) is 15.0. The Bertz CT molecular complexity index is 1060. The number of carbonyl (C=O) groups is 2. The second-order valence-electron chi connectivity index (χ2n) is 7.03. The van der Waals surface area contributed by atoms with Gasteiger partial charge in [0.2, 0.25) is 0 Å². The van der Waals surface area contributed by atoms with Crippen LogP contribution in [-0.2, 0) is 11.2 Å². The first kappa shape index (κ1) is 22.8. The molecule has 2 aromatic heterocycles. The molecular weight excluding hydrogens is 416 g/mol. The summed E-state index contributed by atoms with van der Waals surface area (Å²) in [6, 6.07) is 10.1. The third-order valence-corrected chi connectivity index (χ3v) is 5.36. The molecule has 0 unspecified atom stereocenters. The Kier molecular flexibility index (Phi) is 7.65. The van der Waals surface area contributed by atoms with E-state index in [0.29, 0.717) is 52.9 Å². The second-order valence-corrected chi connectivity index (χ2v) is 7.46. The molecule has 0 saturated heterocycles. The topological polar surface area (TPSA) is 75.9 Å². The molecule has 3 rings (SSSR count). The minimum absolute atomic E-state index is 0.277. The number of hydrogen-bond acceptors (Lipinski definition) is 5. The molecule has 0 atom stereocenters. The highest BCUT2D eigenvalue weighted by atomic mass is 35.5. The number of fused-ring (bicyclic) bond motifs is 1. The molecule has 0 aliphatic carbocycles. The van der Waals surface area contributed by atoms with Crippen molar-refractivity contribution in [3.05, 3.63) is 64.6 Å². The SMILES string of the molecule is CCc1nc2cc(Cl)ccn2c1C(=O)Nc1ccc(C(=O)OCCN(CC)CC)cc1. The summed E-state index contributed by atoms with van der Waals surface area (Å²) in [6.45, 7) is 8.98. The highest BCUT2D eigenvalue weighted by Crippen LogP contribution is 2.19. The fourth-order valence-electron chi connectivity index (χ4n) is 3.33. The Morgan fingerprint density at radius 1 is 1.13 bits per heavy atom. The van der Waals surface area contributed by atoms with Gasteiger partial charge in [0.25, 0.3) is 5.91 Å².